The number of aromatic nitrogens is 2. The van der Waals surface area contributed by atoms with Gasteiger partial charge in [0.05, 0.1) is 12.7 Å². The molecule has 1 aliphatic rings. The summed E-state index contributed by atoms with van der Waals surface area (Å²) in [5.41, 5.74) is -0.725. The Morgan fingerprint density at radius 1 is 1.57 bits per heavy atom. The van der Waals surface area contributed by atoms with Crippen LogP contribution in [0.1, 0.15) is 25.3 Å². The minimum atomic E-state index is -1.27. The zero-order chi connectivity index (χ0) is 15.6. The Morgan fingerprint density at radius 2 is 2.29 bits per heavy atom. The number of aryl methyl sites for hydroxylation is 1. The summed E-state index contributed by atoms with van der Waals surface area (Å²) in [7, 11) is 0. The molecule has 3 atom stereocenters. The van der Waals surface area contributed by atoms with Crippen molar-refractivity contribution >= 4 is 0 Å². The van der Waals surface area contributed by atoms with Crippen molar-refractivity contribution in [3.8, 4) is 0 Å². The maximum atomic E-state index is 12.1. The van der Waals surface area contributed by atoms with Crippen LogP contribution in [-0.2, 0) is 10.6 Å². The molecule has 0 unspecified atom stereocenters. The third-order valence-corrected chi connectivity index (χ3v) is 3.60. The van der Waals surface area contributed by atoms with E-state index in [0.717, 1.165) is 6.42 Å². The van der Waals surface area contributed by atoms with Gasteiger partial charge < -0.3 is 14.9 Å². The van der Waals surface area contributed by atoms with Gasteiger partial charge in [0.15, 0.2) is 0 Å². The third-order valence-electron chi connectivity index (χ3n) is 3.60. The van der Waals surface area contributed by atoms with Gasteiger partial charge in [-0.1, -0.05) is 6.92 Å². The first-order valence-corrected chi connectivity index (χ1v) is 6.98. The molecular weight excluding hydrogens is 278 g/mol. The van der Waals surface area contributed by atoms with Gasteiger partial charge in [-0.3, -0.25) is 19.7 Å². The van der Waals surface area contributed by atoms with E-state index in [-0.39, 0.29) is 13.0 Å². The number of rotatable bonds is 5. The standard InChI is InChI=1S/C13H21N3O5/c1-3-4-14-13(5-9(18)10(7-17)21-13)16-6-8(2)11(19)15-12(16)20/h6,9-10,14,17-18H,3-5,7H2,1-2H3,(H,15,19,20)/t9-,10+,13-/m0/s1. The lowest BCUT2D eigenvalue weighted by molar-refractivity contribution is -0.139. The van der Waals surface area contributed by atoms with Crippen molar-refractivity contribution in [3.63, 3.8) is 0 Å². The average molecular weight is 299 g/mol. The first-order chi connectivity index (χ1) is 9.93. The van der Waals surface area contributed by atoms with Crippen LogP contribution in [0.3, 0.4) is 0 Å². The number of aliphatic hydroxyl groups is 2. The van der Waals surface area contributed by atoms with E-state index in [2.05, 4.69) is 10.3 Å². The van der Waals surface area contributed by atoms with Gasteiger partial charge in [-0.2, -0.15) is 0 Å². The molecular formula is C13H21N3O5. The molecule has 1 aliphatic heterocycles. The highest BCUT2D eigenvalue weighted by Crippen LogP contribution is 2.31. The highest BCUT2D eigenvalue weighted by molar-refractivity contribution is 5.04. The number of nitrogens with one attached hydrogen (secondary N) is 2. The van der Waals surface area contributed by atoms with E-state index in [9.17, 15) is 19.8 Å². The maximum absolute atomic E-state index is 12.1. The summed E-state index contributed by atoms with van der Waals surface area (Å²) in [6, 6.07) is 0. The van der Waals surface area contributed by atoms with Crippen LogP contribution in [0.15, 0.2) is 15.8 Å². The van der Waals surface area contributed by atoms with Crippen LogP contribution in [0.2, 0.25) is 0 Å². The molecule has 0 saturated carbocycles. The summed E-state index contributed by atoms with van der Waals surface area (Å²) in [5.74, 6) is -1.27. The lowest BCUT2D eigenvalue weighted by Gasteiger charge is -2.32. The van der Waals surface area contributed by atoms with E-state index < -0.39 is 29.3 Å². The van der Waals surface area contributed by atoms with Crippen molar-refractivity contribution in [2.24, 2.45) is 0 Å². The maximum Gasteiger partial charge on any atom is 0.331 e. The van der Waals surface area contributed by atoms with Crippen LogP contribution in [-0.4, -0.2) is 45.1 Å². The first-order valence-electron chi connectivity index (χ1n) is 6.98. The number of hydrogen-bond acceptors (Lipinski definition) is 6. The summed E-state index contributed by atoms with van der Waals surface area (Å²) in [4.78, 5) is 25.8. The van der Waals surface area contributed by atoms with Crippen LogP contribution < -0.4 is 16.6 Å². The second-order valence-corrected chi connectivity index (χ2v) is 5.26. The van der Waals surface area contributed by atoms with E-state index in [4.69, 9.17) is 4.74 Å². The van der Waals surface area contributed by atoms with Gasteiger partial charge in [0, 0.05) is 18.2 Å². The van der Waals surface area contributed by atoms with Gasteiger partial charge >= 0.3 is 5.69 Å². The second kappa shape index (κ2) is 6.10. The molecule has 2 rings (SSSR count). The summed E-state index contributed by atoms with van der Waals surface area (Å²) in [6.07, 6.45) is 0.606. The second-order valence-electron chi connectivity index (χ2n) is 5.26. The Balaban J connectivity index is 2.49. The molecule has 1 fully saturated rings. The lowest BCUT2D eigenvalue weighted by atomic mass is 10.1. The van der Waals surface area contributed by atoms with E-state index in [1.807, 2.05) is 6.92 Å². The molecule has 0 bridgehead atoms. The Labute approximate surface area is 121 Å². The van der Waals surface area contributed by atoms with Crippen LogP contribution in [0.4, 0.5) is 0 Å². The third kappa shape index (κ3) is 2.93. The number of nitrogens with zero attached hydrogens (tertiary/aromatic N) is 1. The fourth-order valence-electron chi connectivity index (χ4n) is 2.46. The fraction of sp³-hybridized carbons (Fsp3) is 0.692. The van der Waals surface area contributed by atoms with E-state index in [1.54, 1.807) is 6.92 Å². The molecule has 21 heavy (non-hydrogen) atoms. The molecule has 1 saturated heterocycles. The van der Waals surface area contributed by atoms with Gasteiger partial charge in [0.25, 0.3) is 5.56 Å². The molecule has 0 spiro atoms. The van der Waals surface area contributed by atoms with Crippen molar-refractivity contribution in [1.29, 1.82) is 0 Å². The largest absolute Gasteiger partial charge is 0.394 e. The summed E-state index contributed by atoms with van der Waals surface area (Å²) in [5, 5.41) is 22.3. The molecule has 0 aliphatic carbocycles. The minimum absolute atomic E-state index is 0.101. The average Bonchev–Trinajstić information content (AvgIpc) is 2.78. The van der Waals surface area contributed by atoms with E-state index in [0.29, 0.717) is 12.1 Å². The van der Waals surface area contributed by atoms with E-state index >= 15 is 0 Å². The molecule has 0 amide bonds. The molecule has 0 radical (unpaired) electrons. The van der Waals surface area contributed by atoms with Crippen molar-refractivity contribution in [3.05, 3.63) is 32.6 Å². The number of aromatic amines is 1. The highest BCUT2D eigenvalue weighted by atomic mass is 16.6. The SMILES string of the molecule is CCCN[C@]1(n2cc(C)c(=O)[nH]c2=O)C[C@H](O)[C@@H](CO)O1. The van der Waals surface area contributed by atoms with Crippen LogP contribution in [0.25, 0.3) is 0 Å². The normalized spacial score (nSPS) is 29.0. The molecule has 4 N–H and O–H groups in total. The van der Waals surface area contributed by atoms with Crippen molar-refractivity contribution in [2.45, 2.75) is 44.7 Å². The Bertz CT molecular complexity index is 611. The quantitative estimate of drug-likeness (QED) is 0.531. The lowest BCUT2D eigenvalue weighted by Crippen LogP contribution is -2.54. The number of aliphatic hydroxyl groups excluding tert-OH is 2. The number of ether oxygens (including phenoxy) is 1. The monoisotopic (exact) mass is 299 g/mol. The number of hydrogen-bond donors (Lipinski definition) is 4. The van der Waals surface area contributed by atoms with Crippen molar-refractivity contribution in [2.75, 3.05) is 13.2 Å². The van der Waals surface area contributed by atoms with Crippen molar-refractivity contribution < 1.29 is 14.9 Å². The minimum Gasteiger partial charge on any atom is -0.394 e. The molecule has 118 valence electrons. The Hall–Kier alpha value is -1.48. The molecule has 2 heterocycles. The zero-order valence-electron chi connectivity index (χ0n) is 12.1. The summed E-state index contributed by atoms with van der Waals surface area (Å²) in [6.45, 7) is 3.73. The van der Waals surface area contributed by atoms with Crippen LogP contribution >= 0.6 is 0 Å². The zero-order valence-corrected chi connectivity index (χ0v) is 12.1. The fourth-order valence-corrected chi connectivity index (χ4v) is 2.46. The van der Waals surface area contributed by atoms with Crippen molar-refractivity contribution in [1.82, 2.24) is 14.9 Å². The summed E-state index contributed by atoms with van der Waals surface area (Å²) < 4.78 is 6.94. The molecule has 1 aromatic heterocycles. The summed E-state index contributed by atoms with van der Waals surface area (Å²) >= 11 is 0. The molecule has 0 aromatic carbocycles. The molecule has 1 aromatic rings. The topological polar surface area (TPSA) is 117 Å². The first kappa shape index (κ1) is 15.9. The van der Waals surface area contributed by atoms with Gasteiger partial charge in [-0.15, -0.1) is 0 Å². The predicted octanol–water partition coefficient (Wildman–Crippen LogP) is -1.40. The van der Waals surface area contributed by atoms with Gasteiger partial charge in [0.2, 0.25) is 5.85 Å². The van der Waals surface area contributed by atoms with E-state index in [1.165, 1.54) is 10.8 Å². The van der Waals surface area contributed by atoms with Gasteiger partial charge in [0.1, 0.15) is 6.10 Å². The predicted molar refractivity (Wildman–Crippen MR) is 74.9 cm³/mol. The highest BCUT2D eigenvalue weighted by Gasteiger charge is 2.47. The Kier molecular flexibility index (Phi) is 4.62. The van der Waals surface area contributed by atoms with Crippen LogP contribution in [0.5, 0.6) is 0 Å². The number of H-pyrrole nitrogens is 1. The Morgan fingerprint density at radius 3 is 2.86 bits per heavy atom. The van der Waals surface area contributed by atoms with Crippen LogP contribution in [0, 0.1) is 6.92 Å². The van der Waals surface area contributed by atoms with Gasteiger partial charge in [-0.05, 0) is 19.9 Å². The molecule has 8 heteroatoms. The molecule has 8 nitrogen and oxygen atoms in total. The smallest absolute Gasteiger partial charge is 0.331 e. The van der Waals surface area contributed by atoms with Gasteiger partial charge in [-0.25, -0.2) is 4.79 Å².